The molecule has 0 aliphatic heterocycles. The first-order valence-corrected chi connectivity index (χ1v) is 3.56. The average molecular weight is 157 g/mol. The van der Waals surface area contributed by atoms with Gasteiger partial charge in [-0.3, -0.25) is 0 Å². The van der Waals surface area contributed by atoms with Gasteiger partial charge in [0.25, 0.3) is 0 Å². The first-order chi connectivity index (χ1) is 5.22. The van der Waals surface area contributed by atoms with Crippen molar-refractivity contribution in [3.05, 3.63) is 0 Å². The molecule has 0 radical (unpaired) electrons. The highest BCUT2D eigenvalue weighted by Crippen LogP contribution is 1.92. The number of rotatable bonds is 6. The van der Waals surface area contributed by atoms with Gasteiger partial charge in [0.05, 0.1) is 11.4 Å². The third-order valence-corrected chi connectivity index (χ3v) is 1.34. The van der Waals surface area contributed by atoms with Crippen molar-refractivity contribution in [2.45, 2.75) is 12.8 Å². The van der Waals surface area contributed by atoms with Crippen LogP contribution in [0, 0.1) is 10.8 Å². The van der Waals surface area contributed by atoms with Gasteiger partial charge in [-0.2, -0.15) is 0 Å². The average Bonchev–Trinajstić information content (AvgIpc) is 2.03. The van der Waals surface area contributed by atoms with Gasteiger partial charge in [-0.05, 0) is 12.8 Å². The Hall–Kier alpha value is -0.740. The summed E-state index contributed by atoms with van der Waals surface area (Å²) in [6.07, 6.45) is 1.38. The Balaban J connectivity index is 3.44. The maximum absolute atomic E-state index is 7.31. The number of methoxy groups -OCH3 is 1. The molecule has 0 aromatic heterocycles. The summed E-state index contributed by atoms with van der Waals surface area (Å²) in [7, 11) is 1.62. The van der Waals surface area contributed by atoms with Gasteiger partial charge in [-0.1, -0.05) is 0 Å². The SMILES string of the molecule is COCCCC(=N)C(=N)CN. The lowest BCUT2D eigenvalue weighted by Gasteiger charge is -2.02. The molecule has 0 saturated carbocycles. The van der Waals surface area contributed by atoms with Gasteiger partial charge in [0.15, 0.2) is 0 Å². The van der Waals surface area contributed by atoms with E-state index in [1.54, 1.807) is 7.11 Å². The minimum absolute atomic E-state index is 0.159. The lowest BCUT2D eigenvalue weighted by molar-refractivity contribution is 0.197. The fourth-order valence-corrected chi connectivity index (χ4v) is 0.667. The van der Waals surface area contributed by atoms with Crippen molar-refractivity contribution < 1.29 is 4.74 Å². The lowest BCUT2D eigenvalue weighted by atomic mass is 10.1. The zero-order chi connectivity index (χ0) is 8.69. The molecular weight excluding hydrogens is 142 g/mol. The summed E-state index contributed by atoms with van der Waals surface area (Å²) >= 11 is 0. The van der Waals surface area contributed by atoms with E-state index in [2.05, 4.69) is 0 Å². The molecule has 0 unspecified atom stereocenters. The van der Waals surface area contributed by atoms with E-state index < -0.39 is 0 Å². The van der Waals surface area contributed by atoms with Crippen LogP contribution >= 0.6 is 0 Å². The van der Waals surface area contributed by atoms with E-state index in [9.17, 15) is 0 Å². The number of nitrogens with two attached hydrogens (primary N) is 1. The largest absolute Gasteiger partial charge is 0.385 e. The molecule has 4 heteroatoms. The standard InChI is InChI=1S/C7H15N3O/c1-11-4-2-3-6(9)7(10)5-8/h9-10H,2-5,8H2,1H3. The van der Waals surface area contributed by atoms with Crippen LogP contribution in [-0.4, -0.2) is 31.7 Å². The predicted molar refractivity (Wildman–Crippen MR) is 45.6 cm³/mol. The fourth-order valence-electron chi connectivity index (χ4n) is 0.667. The second kappa shape index (κ2) is 6.00. The van der Waals surface area contributed by atoms with Gasteiger partial charge >= 0.3 is 0 Å². The maximum Gasteiger partial charge on any atom is 0.0657 e. The summed E-state index contributed by atoms with van der Waals surface area (Å²) in [5.41, 5.74) is 5.73. The van der Waals surface area contributed by atoms with Crippen LogP contribution in [0.1, 0.15) is 12.8 Å². The van der Waals surface area contributed by atoms with E-state index in [0.29, 0.717) is 18.7 Å². The fraction of sp³-hybridized carbons (Fsp3) is 0.714. The summed E-state index contributed by atoms with van der Waals surface area (Å²) in [4.78, 5) is 0. The van der Waals surface area contributed by atoms with E-state index >= 15 is 0 Å². The highest BCUT2D eigenvalue weighted by molar-refractivity contribution is 6.40. The lowest BCUT2D eigenvalue weighted by Crippen LogP contribution is -2.21. The molecule has 0 atom stereocenters. The molecule has 64 valence electrons. The Morgan fingerprint density at radius 1 is 1.36 bits per heavy atom. The maximum atomic E-state index is 7.31. The van der Waals surface area contributed by atoms with Gasteiger partial charge in [0.1, 0.15) is 0 Å². The Morgan fingerprint density at radius 2 is 2.00 bits per heavy atom. The van der Waals surface area contributed by atoms with Crippen molar-refractivity contribution in [3.8, 4) is 0 Å². The molecule has 0 aromatic rings. The van der Waals surface area contributed by atoms with Gasteiger partial charge in [-0.15, -0.1) is 0 Å². The molecule has 0 bridgehead atoms. The van der Waals surface area contributed by atoms with Crippen LogP contribution in [0.15, 0.2) is 0 Å². The van der Waals surface area contributed by atoms with Crippen molar-refractivity contribution in [1.29, 1.82) is 10.8 Å². The Bertz CT molecular complexity index is 145. The number of ether oxygens (including phenoxy) is 1. The molecule has 4 N–H and O–H groups in total. The third kappa shape index (κ3) is 4.64. The van der Waals surface area contributed by atoms with Crippen LogP contribution in [0.25, 0.3) is 0 Å². The molecule has 0 heterocycles. The van der Waals surface area contributed by atoms with Crippen LogP contribution in [0.4, 0.5) is 0 Å². The van der Waals surface area contributed by atoms with E-state index in [1.807, 2.05) is 0 Å². The molecule has 0 aliphatic rings. The quantitative estimate of drug-likeness (QED) is 0.385. The second-order valence-corrected chi connectivity index (χ2v) is 2.26. The van der Waals surface area contributed by atoms with Gasteiger partial charge < -0.3 is 21.3 Å². The Labute approximate surface area is 66.8 Å². The van der Waals surface area contributed by atoms with E-state index in [4.69, 9.17) is 21.3 Å². The topological polar surface area (TPSA) is 83.0 Å². The molecule has 0 spiro atoms. The van der Waals surface area contributed by atoms with Crippen LogP contribution in [-0.2, 0) is 4.74 Å². The summed E-state index contributed by atoms with van der Waals surface area (Å²) < 4.78 is 4.81. The Morgan fingerprint density at radius 3 is 2.45 bits per heavy atom. The first kappa shape index (κ1) is 10.3. The Kier molecular flexibility index (Phi) is 5.60. The molecule has 4 nitrogen and oxygen atoms in total. The molecule has 0 saturated heterocycles. The molecule has 0 amide bonds. The van der Waals surface area contributed by atoms with Crippen molar-refractivity contribution in [1.82, 2.24) is 0 Å². The van der Waals surface area contributed by atoms with Crippen molar-refractivity contribution in [2.24, 2.45) is 5.73 Å². The molecule has 0 aliphatic carbocycles. The number of nitrogens with one attached hydrogen (secondary N) is 2. The minimum Gasteiger partial charge on any atom is -0.385 e. The molecule has 0 aromatic carbocycles. The van der Waals surface area contributed by atoms with E-state index in [0.717, 1.165) is 6.42 Å². The van der Waals surface area contributed by atoms with Crippen LogP contribution in [0.5, 0.6) is 0 Å². The summed E-state index contributed by atoms with van der Waals surface area (Å²) in [5.74, 6) is 0. The van der Waals surface area contributed by atoms with Crippen molar-refractivity contribution in [3.63, 3.8) is 0 Å². The zero-order valence-corrected chi connectivity index (χ0v) is 6.81. The molecule has 0 fully saturated rings. The highest BCUT2D eigenvalue weighted by atomic mass is 16.5. The third-order valence-electron chi connectivity index (χ3n) is 1.34. The van der Waals surface area contributed by atoms with Crippen molar-refractivity contribution in [2.75, 3.05) is 20.3 Å². The predicted octanol–water partition coefficient (Wildman–Crippen LogP) is 0.411. The van der Waals surface area contributed by atoms with Crippen LogP contribution < -0.4 is 5.73 Å². The van der Waals surface area contributed by atoms with Crippen LogP contribution in [0.3, 0.4) is 0 Å². The summed E-state index contributed by atoms with van der Waals surface area (Å²) in [6.45, 7) is 0.798. The van der Waals surface area contributed by atoms with E-state index in [1.165, 1.54) is 0 Å². The smallest absolute Gasteiger partial charge is 0.0657 e. The summed E-state index contributed by atoms with van der Waals surface area (Å²) in [5, 5.41) is 14.5. The minimum atomic E-state index is 0.159. The molecule has 11 heavy (non-hydrogen) atoms. The van der Waals surface area contributed by atoms with Gasteiger partial charge in [0, 0.05) is 20.3 Å². The summed E-state index contributed by atoms with van der Waals surface area (Å²) in [6, 6.07) is 0. The second-order valence-electron chi connectivity index (χ2n) is 2.26. The normalized spacial score (nSPS) is 9.64. The first-order valence-electron chi connectivity index (χ1n) is 3.56. The molecule has 0 rings (SSSR count). The monoisotopic (exact) mass is 157 g/mol. The van der Waals surface area contributed by atoms with Gasteiger partial charge in [-0.25, -0.2) is 0 Å². The van der Waals surface area contributed by atoms with Crippen LogP contribution in [0.2, 0.25) is 0 Å². The van der Waals surface area contributed by atoms with Crippen molar-refractivity contribution >= 4 is 11.4 Å². The highest BCUT2D eigenvalue weighted by Gasteiger charge is 2.01. The molecular formula is C7H15N3O. The number of hydrogen-bond donors (Lipinski definition) is 3. The number of hydrogen-bond acceptors (Lipinski definition) is 4. The van der Waals surface area contributed by atoms with Gasteiger partial charge in [0.2, 0.25) is 0 Å². The van der Waals surface area contributed by atoms with E-state index in [-0.39, 0.29) is 12.3 Å². The zero-order valence-electron chi connectivity index (χ0n) is 6.81.